The van der Waals surface area contributed by atoms with Gasteiger partial charge in [-0.1, -0.05) is 34.8 Å². The molecule has 1 aliphatic rings. The van der Waals surface area contributed by atoms with Gasteiger partial charge in [-0.2, -0.15) is 0 Å². The van der Waals surface area contributed by atoms with E-state index in [9.17, 15) is 19.8 Å². The Morgan fingerprint density at radius 3 is 2.00 bits per heavy atom. The van der Waals surface area contributed by atoms with Crippen LogP contribution in [0.1, 0.15) is 27.1 Å². The number of aliphatic hydroxyl groups is 2. The number of halogens is 3. The molecule has 1 heterocycles. The van der Waals surface area contributed by atoms with Gasteiger partial charge >= 0.3 is 0 Å². The van der Waals surface area contributed by atoms with Gasteiger partial charge in [0.05, 0.1) is 0 Å². The molecule has 27 heavy (non-hydrogen) atoms. The molecule has 0 aliphatic carbocycles. The highest BCUT2D eigenvalue weighted by atomic mass is 35.5. The molecule has 2 aromatic rings. The predicted octanol–water partition coefficient (Wildman–Crippen LogP) is 3.50. The lowest BCUT2D eigenvalue weighted by Crippen LogP contribution is -2.53. The normalized spacial score (nSPS) is 26.0. The Balaban J connectivity index is 1.90. The van der Waals surface area contributed by atoms with Gasteiger partial charge in [-0.05, 0) is 48.5 Å². The average molecular weight is 430 g/mol. The summed E-state index contributed by atoms with van der Waals surface area (Å²) >= 11 is 17.6. The number of aliphatic hydroxyl groups excluding tert-OH is 1. The largest absolute Gasteiger partial charge is 0.382 e. The van der Waals surface area contributed by atoms with Crippen LogP contribution >= 0.6 is 34.8 Å². The van der Waals surface area contributed by atoms with Crippen molar-refractivity contribution in [3.63, 3.8) is 0 Å². The van der Waals surface area contributed by atoms with Crippen LogP contribution in [-0.2, 0) is 4.74 Å². The second kappa shape index (κ2) is 7.87. The Labute approximate surface area is 170 Å². The summed E-state index contributed by atoms with van der Waals surface area (Å²) in [4.78, 5) is 25.5. The van der Waals surface area contributed by atoms with Crippen LogP contribution in [0.25, 0.3) is 0 Å². The number of benzene rings is 2. The molecule has 0 saturated carbocycles. The third kappa shape index (κ3) is 4.04. The highest BCUT2D eigenvalue weighted by Gasteiger charge is 2.56. The van der Waals surface area contributed by atoms with E-state index in [1.807, 2.05) is 0 Å². The van der Waals surface area contributed by atoms with Crippen LogP contribution in [-0.4, -0.2) is 45.2 Å². The number of rotatable bonds is 5. The van der Waals surface area contributed by atoms with Crippen LogP contribution in [0.15, 0.2) is 48.5 Å². The molecule has 0 amide bonds. The maximum atomic E-state index is 12.9. The van der Waals surface area contributed by atoms with E-state index in [1.165, 1.54) is 48.5 Å². The first-order chi connectivity index (χ1) is 12.7. The van der Waals surface area contributed by atoms with Crippen molar-refractivity contribution in [2.45, 2.75) is 29.8 Å². The molecule has 0 radical (unpaired) electrons. The summed E-state index contributed by atoms with van der Waals surface area (Å²) in [6, 6.07) is 11.7. The van der Waals surface area contributed by atoms with Crippen molar-refractivity contribution >= 4 is 46.4 Å². The molecule has 4 atom stereocenters. The topological polar surface area (TPSA) is 83.8 Å². The molecule has 0 spiro atoms. The second-order valence-electron chi connectivity index (χ2n) is 6.25. The molecule has 142 valence electrons. The first-order valence-electron chi connectivity index (χ1n) is 8.02. The quantitative estimate of drug-likeness (QED) is 0.561. The second-order valence-corrected chi connectivity index (χ2v) is 7.61. The van der Waals surface area contributed by atoms with E-state index in [2.05, 4.69) is 0 Å². The molecular formula is C19H15Cl3O5. The van der Waals surface area contributed by atoms with Crippen molar-refractivity contribution in [1.29, 1.82) is 0 Å². The highest BCUT2D eigenvalue weighted by Crippen LogP contribution is 2.38. The molecule has 3 rings (SSSR count). The number of Topliss-reactive ketones (excluding diaryl/α,β-unsaturated/α-hetero) is 2. The van der Waals surface area contributed by atoms with Gasteiger partial charge in [0, 0.05) is 27.6 Å². The Bertz CT molecular complexity index is 853. The zero-order valence-corrected chi connectivity index (χ0v) is 16.1. The molecular weight excluding hydrogens is 415 g/mol. The van der Waals surface area contributed by atoms with E-state index in [1.54, 1.807) is 0 Å². The van der Waals surface area contributed by atoms with Crippen molar-refractivity contribution in [2.24, 2.45) is 0 Å². The van der Waals surface area contributed by atoms with Gasteiger partial charge in [0.15, 0.2) is 17.2 Å². The minimum Gasteiger partial charge on any atom is -0.382 e. The standard InChI is InChI=1S/C19H15Cl3O5/c20-12-5-1-10(2-6-12)15(23)16(24)18-19(26,9-14(22)27-18)17(25)11-3-7-13(21)8-4-11/h1-8,14,16,18,24,26H,9H2/t14-,16?,18-,19-/m1/s1. The molecule has 2 N–H and O–H groups in total. The number of hydrogen-bond donors (Lipinski definition) is 2. The third-order valence-corrected chi connectivity index (χ3v) is 5.18. The Hall–Kier alpha value is -1.47. The molecule has 1 saturated heterocycles. The van der Waals surface area contributed by atoms with Gasteiger partial charge in [0.25, 0.3) is 0 Å². The summed E-state index contributed by atoms with van der Waals surface area (Å²) in [7, 11) is 0. The van der Waals surface area contributed by atoms with E-state index in [4.69, 9.17) is 39.5 Å². The molecule has 8 heteroatoms. The number of hydrogen-bond acceptors (Lipinski definition) is 5. The fraction of sp³-hybridized carbons (Fsp3) is 0.263. The van der Waals surface area contributed by atoms with Gasteiger partial charge in [-0.25, -0.2) is 0 Å². The maximum Gasteiger partial charge on any atom is 0.197 e. The molecule has 5 nitrogen and oxygen atoms in total. The average Bonchev–Trinajstić information content (AvgIpc) is 2.96. The zero-order valence-electron chi connectivity index (χ0n) is 13.8. The Kier molecular flexibility index (Phi) is 5.91. The van der Waals surface area contributed by atoms with E-state index in [0.717, 1.165) is 0 Å². The molecule has 0 bridgehead atoms. The monoisotopic (exact) mass is 428 g/mol. The minimum atomic E-state index is -2.16. The summed E-state index contributed by atoms with van der Waals surface area (Å²) in [6.07, 6.45) is -3.59. The molecule has 2 aromatic carbocycles. The van der Waals surface area contributed by atoms with Gasteiger partial charge in [-0.15, -0.1) is 0 Å². The number of carbonyl (C=O) groups is 2. The first kappa shape index (κ1) is 20.3. The van der Waals surface area contributed by atoms with Gasteiger partial charge in [-0.3, -0.25) is 9.59 Å². The van der Waals surface area contributed by atoms with Crippen LogP contribution in [0.5, 0.6) is 0 Å². The SMILES string of the molecule is O=C(c1ccc(Cl)cc1)C(O)[C@H]1O[C@@H](Cl)C[C@@]1(O)C(=O)c1ccc(Cl)cc1. The van der Waals surface area contributed by atoms with Gasteiger partial charge in [0.1, 0.15) is 17.8 Å². The van der Waals surface area contributed by atoms with Crippen molar-refractivity contribution in [3.8, 4) is 0 Å². The van der Waals surface area contributed by atoms with Crippen LogP contribution in [0.2, 0.25) is 10.0 Å². The lowest BCUT2D eigenvalue weighted by Gasteiger charge is -2.29. The lowest BCUT2D eigenvalue weighted by molar-refractivity contribution is -0.0716. The lowest BCUT2D eigenvalue weighted by atomic mass is 9.82. The molecule has 1 unspecified atom stereocenters. The Morgan fingerprint density at radius 1 is 1.00 bits per heavy atom. The minimum absolute atomic E-state index is 0.160. The van der Waals surface area contributed by atoms with Crippen molar-refractivity contribution in [2.75, 3.05) is 0 Å². The fourth-order valence-electron chi connectivity index (χ4n) is 3.01. The number of alkyl halides is 1. The van der Waals surface area contributed by atoms with Crippen LogP contribution < -0.4 is 0 Å². The summed E-state index contributed by atoms with van der Waals surface area (Å²) in [5.74, 6) is -1.43. The summed E-state index contributed by atoms with van der Waals surface area (Å²) in [6.45, 7) is 0. The highest BCUT2D eigenvalue weighted by molar-refractivity contribution is 6.31. The number of carbonyl (C=O) groups excluding carboxylic acids is 2. The van der Waals surface area contributed by atoms with Crippen molar-refractivity contribution < 1.29 is 24.5 Å². The van der Waals surface area contributed by atoms with Crippen molar-refractivity contribution in [3.05, 3.63) is 69.7 Å². The van der Waals surface area contributed by atoms with Crippen LogP contribution in [0.4, 0.5) is 0 Å². The van der Waals surface area contributed by atoms with E-state index in [-0.39, 0.29) is 17.5 Å². The third-order valence-electron chi connectivity index (χ3n) is 4.42. The van der Waals surface area contributed by atoms with Gasteiger partial charge in [0.2, 0.25) is 0 Å². The summed E-state index contributed by atoms with van der Waals surface area (Å²) in [5.41, 5.74) is -2.88. The van der Waals surface area contributed by atoms with Crippen LogP contribution in [0.3, 0.4) is 0 Å². The molecule has 0 aromatic heterocycles. The number of ether oxygens (including phenoxy) is 1. The summed E-state index contributed by atoms with van der Waals surface area (Å²) < 4.78 is 5.34. The van der Waals surface area contributed by atoms with Crippen LogP contribution in [0, 0.1) is 0 Å². The molecule has 1 aliphatic heterocycles. The zero-order chi connectivity index (χ0) is 19.8. The maximum absolute atomic E-state index is 12.9. The summed E-state index contributed by atoms with van der Waals surface area (Å²) in [5, 5.41) is 22.4. The van der Waals surface area contributed by atoms with Crippen molar-refractivity contribution in [1.82, 2.24) is 0 Å². The fourth-order valence-corrected chi connectivity index (χ4v) is 3.61. The van der Waals surface area contributed by atoms with E-state index in [0.29, 0.717) is 10.0 Å². The van der Waals surface area contributed by atoms with E-state index < -0.39 is 34.9 Å². The van der Waals surface area contributed by atoms with Gasteiger partial charge < -0.3 is 14.9 Å². The first-order valence-corrected chi connectivity index (χ1v) is 9.22. The number of ketones is 2. The molecule has 1 fully saturated rings. The Morgan fingerprint density at radius 2 is 1.48 bits per heavy atom. The predicted molar refractivity (Wildman–Crippen MR) is 102 cm³/mol. The van der Waals surface area contributed by atoms with E-state index >= 15 is 0 Å². The smallest absolute Gasteiger partial charge is 0.197 e.